The number of hydrogen-bond donors (Lipinski definition) is 1. The second-order valence-corrected chi connectivity index (χ2v) is 3.64. The molecular formula is C10H8Cl2O2. The highest BCUT2D eigenvalue weighted by molar-refractivity contribution is 6.35. The minimum atomic E-state index is -0.930. The standard InChI is InChI=1S/C10H8Cl2O2/c1-6(4-10(13)14)8-3-2-7(11)5-9(8)12/h2-3,5H,1,4H2,(H,13,14). The quantitative estimate of drug-likeness (QED) is 0.864. The van der Waals surface area contributed by atoms with Gasteiger partial charge in [-0.15, -0.1) is 0 Å². The van der Waals surface area contributed by atoms with Crippen molar-refractivity contribution in [3.05, 3.63) is 40.4 Å². The Bertz CT molecular complexity index is 386. The zero-order chi connectivity index (χ0) is 10.7. The number of benzene rings is 1. The van der Waals surface area contributed by atoms with Crippen LogP contribution in [0.3, 0.4) is 0 Å². The lowest BCUT2D eigenvalue weighted by molar-refractivity contribution is -0.135. The molecule has 0 heterocycles. The lowest BCUT2D eigenvalue weighted by Gasteiger charge is -2.05. The summed E-state index contributed by atoms with van der Waals surface area (Å²) in [6, 6.07) is 4.87. The molecule has 0 aliphatic carbocycles. The lowest BCUT2D eigenvalue weighted by Crippen LogP contribution is -1.96. The summed E-state index contributed by atoms with van der Waals surface area (Å²) in [7, 11) is 0. The van der Waals surface area contributed by atoms with E-state index in [1.165, 1.54) is 0 Å². The molecule has 1 N–H and O–H groups in total. The second kappa shape index (κ2) is 4.49. The highest BCUT2D eigenvalue weighted by atomic mass is 35.5. The maximum atomic E-state index is 10.4. The van der Waals surface area contributed by atoms with Crippen LogP contribution >= 0.6 is 23.2 Å². The number of aliphatic carboxylic acids is 1. The van der Waals surface area contributed by atoms with Gasteiger partial charge in [0, 0.05) is 10.0 Å². The van der Waals surface area contributed by atoms with Crippen LogP contribution in [-0.4, -0.2) is 11.1 Å². The van der Waals surface area contributed by atoms with Gasteiger partial charge in [0.05, 0.1) is 6.42 Å². The van der Waals surface area contributed by atoms with Crippen LogP contribution in [0.4, 0.5) is 0 Å². The van der Waals surface area contributed by atoms with Gasteiger partial charge in [0.15, 0.2) is 0 Å². The molecule has 14 heavy (non-hydrogen) atoms. The van der Waals surface area contributed by atoms with Gasteiger partial charge in [-0.3, -0.25) is 4.79 Å². The first-order chi connectivity index (χ1) is 6.50. The molecule has 1 aromatic rings. The number of carboxylic acids is 1. The van der Waals surface area contributed by atoms with Crippen molar-refractivity contribution >= 4 is 34.7 Å². The topological polar surface area (TPSA) is 37.3 Å². The second-order valence-electron chi connectivity index (χ2n) is 2.80. The predicted molar refractivity (Wildman–Crippen MR) is 57.7 cm³/mol. The van der Waals surface area contributed by atoms with E-state index in [1.54, 1.807) is 18.2 Å². The summed E-state index contributed by atoms with van der Waals surface area (Å²) in [6.07, 6.45) is -0.124. The number of rotatable bonds is 3. The van der Waals surface area contributed by atoms with E-state index in [1.807, 2.05) is 0 Å². The maximum Gasteiger partial charge on any atom is 0.307 e. The highest BCUT2D eigenvalue weighted by Gasteiger charge is 2.08. The van der Waals surface area contributed by atoms with Gasteiger partial charge in [0.25, 0.3) is 0 Å². The van der Waals surface area contributed by atoms with Crippen molar-refractivity contribution in [1.29, 1.82) is 0 Å². The molecule has 0 amide bonds. The summed E-state index contributed by atoms with van der Waals surface area (Å²) < 4.78 is 0. The Morgan fingerprint density at radius 1 is 1.43 bits per heavy atom. The van der Waals surface area contributed by atoms with Crippen LogP contribution in [0.2, 0.25) is 10.0 Å². The fourth-order valence-electron chi connectivity index (χ4n) is 1.05. The average Bonchev–Trinajstić information content (AvgIpc) is 2.01. The Kier molecular flexibility index (Phi) is 3.55. The molecule has 1 aromatic carbocycles. The van der Waals surface area contributed by atoms with E-state index in [9.17, 15) is 4.79 Å². The molecular weight excluding hydrogens is 223 g/mol. The molecule has 2 nitrogen and oxygen atoms in total. The minimum absolute atomic E-state index is 0.124. The van der Waals surface area contributed by atoms with Gasteiger partial charge in [0.1, 0.15) is 0 Å². The summed E-state index contributed by atoms with van der Waals surface area (Å²) in [6.45, 7) is 3.65. The first-order valence-corrected chi connectivity index (χ1v) is 4.61. The third kappa shape index (κ3) is 2.76. The van der Waals surface area contributed by atoms with E-state index in [0.29, 0.717) is 21.2 Å². The molecule has 0 aromatic heterocycles. The average molecular weight is 231 g/mol. The Hall–Kier alpha value is -0.990. The Labute approximate surface area is 91.8 Å². The third-order valence-corrected chi connectivity index (χ3v) is 2.22. The maximum absolute atomic E-state index is 10.4. The number of halogens is 2. The summed E-state index contributed by atoms with van der Waals surface area (Å²) >= 11 is 11.6. The Morgan fingerprint density at radius 3 is 2.57 bits per heavy atom. The monoisotopic (exact) mass is 230 g/mol. The Balaban J connectivity index is 2.96. The van der Waals surface area contributed by atoms with Crippen molar-refractivity contribution < 1.29 is 9.90 Å². The van der Waals surface area contributed by atoms with Gasteiger partial charge < -0.3 is 5.11 Å². The molecule has 4 heteroatoms. The molecule has 0 aliphatic rings. The molecule has 0 aliphatic heterocycles. The van der Waals surface area contributed by atoms with Crippen LogP contribution < -0.4 is 0 Å². The van der Waals surface area contributed by atoms with Gasteiger partial charge in [-0.2, -0.15) is 0 Å². The van der Waals surface area contributed by atoms with Crippen molar-refractivity contribution in [3.63, 3.8) is 0 Å². The van der Waals surface area contributed by atoms with Crippen LogP contribution in [0.1, 0.15) is 12.0 Å². The molecule has 0 unspecified atom stereocenters. The van der Waals surface area contributed by atoms with Crippen LogP contribution in [0.15, 0.2) is 24.8 Å². The smallest absolute Gasteiger partial charge is 0.307 e. The molecule has 1 rings (SSSR count). The molecule has 0 fully saturated rings. The SMILES string of the molecule is C=C(CC(=O)O)c1ccc(Cl)cc1Cl. The number of hydrogen-bond acceptors (Lipinski definition) is 1. The van der Waals surface area contributed by atoms with Crippen molar-refractivity contribution in [1.82, 2.24) is 0 Å². The molecule has 74 valence electrons. The van der Waals surface area contributed by atoms with Crippen LogP contribution in [0, 0.1) is 0 Å². The van der Waals surface area contributed by atoms with Crippen molar-refractivity contribution in [2.24, 2.45) is 0 Å². The minimum Gasteiger partial charge on any atom is -0.481 e. The normalized spacial score (nSPS) is 9.86. The largest absolute Gasteiger partial charge is 0.481 e. The van der Waals surface area contributed by atoms with E-state index < -0.39 is 5.97 Å². The van der Waals surface area contributed by atoms with Crippen LogP contribution in [0.5, 0.6) is 0 Å². The predicted octanol–water partition coefficient (Wildman–Crippen LogP) is 3.48. The summed E-state index contributed by atoms with van der Waals surface area (Å²) in [5, 5.41) is 9.50. The van der Waals surface area contributed by atoms with E-state index in [-0.39, 0.29) is 6.42 Å². The number of carbonyl (C=O) groups is 1. The lowest BCUT2D eigenvalue weighted by atomic mass is 10.1. The summed E-state index contributed by atoms with van der Waals surface area (Å²) in [5.41, 5.74) is 1.10. The molecule has 0 bridgehead atoms. The van der Waals surface area contributed by atoms with E-state index in [0.717, 1.165) is 0 Å². The zero-order valence-corrected chi connectivity index (χ0v) is 8.77. The van der Waals surface area contributed by atoms with Crippen LogP contribution in [-0.2, 0) is 4.79 Å². The molecule has 0 spiro atoms. The number of carboxylic acid groups (broad SMARTS) is 1. The van der Waals surface area contributed by atoms with Gasteiger partial charge >= 0.3 is 5.97 Å². The van der Waals surface area contributed by atoms with Gasteiger partial charge in [-0.05, 0) is 23.3 Å². The molecule has 0 saturated carbocycles. The van der Waals surface area contributed by atoms with Gasteiger partial charge in [-0.1, -0.05) is 35.8 Å². The summed E-state index contributed by atoms with van der Waals surface area (Å²) in [5.74, 6) is -0.930. The molecule has 0 atom stereocenters. The van der Waals surface area contributed by atoms with E-state index in [2.05, 4.69) is 6.58 Å². The van der Waals surface area contributed by atoms with E-state index >= 15 is 0 Å². The fraction of sp³-hybridized carbons (Fsp3) is 0.100. The van der Waals surface area contributed by atoms with Crippen molar-refractivity contribution in [2.75, 3.05) is 0 Å². The van der Waals surface area contributed by atoms with Gasteiger partial charge in [0.2, 0.25) is 0 Å². The first kappa shape index (κ1) is 11.1. The van der Waals surface area contributed by atoms with Crippen molar-refractivity contribution in [3.8, 4) is 0 Å². The molecule has 0 saturated heterocycles. The Morgan fingerprint density at radius 2 is 2.07 bits per heavy atom. The molecule has 0 radical (unpaired) electrons. The summed E-state index contributed by atoms with van der Waals surface area (Å²) in [4.78, 5) is 10.4. The third-order valence-electron chi connectivity index (χ3n) is 1.68. The van der Waals surface area contributed by atoms with Gasteiger partial charge in [-0.25, -0.2) is 0 Å². The fourth-order valence-corrected chi connectivity index (χ4v) is 1.60. The van der Waals surface area contributed by atoms with E-state index in [4.69, 9.17) is 28.3 Å². The van der Waals surface area contributed by atoms with Crippen LogP contribution in [0.25, 0.3) is 5.57 Å². The van der Waals surface area contributed by atoms with Crippen molar-refractivity contribution in [2.45, 2.75) is 6.42 Å². The first-order valence-electron chi connectivity index (χ1n) is 3.85. The highest BCUT2D eigenvalue weighted by Crippen LogP contribution is 2.27. The zero-order valence-electron chi connectivity index (χ0n) is 7.26.